The number of carbonyl (C=O) groups is 1. The molecule has 1 amide bonds. The first-order valence-electron chi connectivity index (χ1n) is 9.25. The van der Waals surface area contributed by atoms with Gasteiger partial charge in [-0.1, -0.05) is 48.0 Å². The molecule has 0 spiro atoms. The Labute approximate surface area is 169 Å². The van der Waals surface area contributed by atoms with Gasteiger partial charge in [-0.15, -0.1) is 0 Å². The number of benzene rings is 2. The summed E-state index contributed by atoms with van der Waals surface area (Å²) in [5.41, 5.74) is 12.1. The van der Waals surface area contributed by atoms with Crippen molar-refractivity contribution in [2.45, 2.75) is 6.92 Å². The van der Waals surface area contributed by atoms with Crippen LogP contribution in [0.25, 0.3) is 22.3 Å². The van der Waals surface area contributed by atoms with E-state index in [2.05, 4.69) is 58.6 Å². The summed E-state index contributed by atoms with van der Waals surface area (Å²) in [4.78, 5) is 21.1. The van der Waals surface area contributed by atoms with Gasteiger partial charge < -0.3 is 11.1 Å². The Hall–Kier alpha value is -3.99. The predicted octanol–water partition coefficient (Wildman–Crippen LogP) is 4.95. The van der Waals surface area contributed by atoms with Crippen molar-refractivity contribution in [2.75, 3.05) is 11.1 Å². The van der Waals surface area contributed by atoms with E-state index in [9.17, 15) is 4.79 Å². The second kappa shape index (κ2) is 7.94. The molecule has 2 aromatic carbocycles. The van der Waals surface area contributed by atoms with E-state index in [0.29, 0.717) is 11.3 Å². The molecule has 0 saturated carbocycles. The number of amides is 1. The lowest BCUT2D eigenvalue weighted by molar-refractivity contribution is 0.102. The van der Waals surface area contributed by atoms with Gasteiger partial charge in [0.15, 0.2) is 0 Å². The number of aromatic nitrogens is 2. The summed E-state index contributed by atoms with van der Waals surface area (Å²) >= 11 is 0. The fourth-order valence-electron chi connectivity index (χ4n) is 3.20. The number of hydrogen-bond acceptors (Lipinski definition) is 4. The topological polar surface area (TPSA) is 80.9 Å². The van der Waals surface area contributed by atoms with Crippen LogP contribution in [-0.2, 0) is 0 Å². The number of carbonyl (C=O) groups excluding carboxylic acids is 1. The van der Waals surface area contributed by atoms with E-state index >= 15 is 0 Å². The van der Waals surface area contributed by atoms with Gasteiger partial charge in [-0.3, -0.25) is 9.78 Å². The molecule has 2 aromatic heterocycles. The van der Waals surface area contributed by atoms with E-state index in [1.54, 1.807) is 30.7 Å². The molecule has 5 nitrogen and oxygen atoms in total. The van der Waals surface area contributed by atoms with Crippen molar-refractivity contribution in [3.05, 3.63) is 96.4 Å². The van der Waals surface area contributed by atoms with Gasteiger partial charge in [0.2, 0.25) is 0 Å². The Kier molecular flexibility index (Phi) is 5.03. The third-order valence-electron chi connectivity index (χ3n) is 4.70. The Bertz CT molecular complexity index is 1160. The van der Waals surface area contributed by atoms with Gasteiger partial charge in [0.05, 0.1) is 5.56 Å². The summed E-state index contributed by atoms with van der Waals surface area (Å²) in [5, 5.41) is 2.86. The first kappa shape index (κ1) is 18.4. The molecule has 0 fully saturated rings. The molecule has 0 unspecified atom stereocenters. The highest BCUT2D eigenvalue weighted by molar-refractivity contribution is 6.11. The molecule has 142 valence electrons. The fourth-order valence-corrected chi connectivity index (χ4v) is 3.20. The minimum atomic E-state index is -0.308. The van der Waals surface area contributed by atoms with Crippen LogP contribution in [0.3, 0.4) is 0 Å². The van der Waals surface area contributed by atoms with E-state index in [1.807, 2.05) is 18.2 Å². The first-order valence-corrected chi connectivity index (χ1v) is 9.25. The number of nitrogen functional groups attached to an aromatic ring is 1. The van der Waals surface area contributed by atoms with Crippen molar-refractivity contribution in [3.8, 4) is 22.3 Å². The summed E-state index contributed by atoms with van der Waals surface area (Å²) in [6.45, 7) is 2.06. The van der Waals surface area contributed by atoms with Gasteiger partial charge in [-0.05, 0) is 53.4 Å². The Morgan fingerprint density at radius 1 is 0.862 bits per heavy atom. The number of hydrogen-bond donors (Lipinski definition) is 2. The monoisotopic (exact) mass is 380 g/mol. The maximum absolute atomic E-state index is 13.0. The predicted molar refractivity (Wildman–Crippen MR) is 116 cm³/mol. The van der Waals surface area contributed by atoms with Gasteiger partial charge in [-0.25, -0.2) is 4.98 Å². The van der Waals surface area contributed by atoms with Crippen LogP contribution < -0.4 is 11.1 Å². The van der Waals surface area contributed by atoms with Crippen molar-refractivity contribution in [1.82, 2.24) is 9.97 Å². The van der Waals surface area contributed by atoms with Crippen molar-refractivity contribution in [2.24, 2.45) is 0 Å². The van der Waals surface area contributed by atoms with E-state index in [-0.39, 0.29) is 11.7 Å². The first-order chi connectivity index (χ1) is 14.1. The largest absolute Gasteiger partial charge is 0.383 e. The molecule has 5 heteroatoms. The van der Waals surface area contributed by atoms with Gasteiger partial charge in [0, 0.05) is 24.3 Å². The zero-order chi connectivity index (χ0) is 20.2. The summed E-state index contributed by atoms with van der Waals surface area (Å²) in [6.07, 6.45) is 4.86. The Balaban J connectivity index is 1.74. The third kappa shape index (κ3) is 3.99. The number of nitrogens with zero attached hydrogens (tertiary/aromatic N) is 2. The van der Waals surface area contributed by atoms with Gasteiger partial charge in [0.1, 0.15) is 5.82 Å². The molecule has 3 N–H and O–H groups in total. The Morgan fingerprint density at radius 3 is 2.34 bits per heavy atom. The number of rotatable bonds is 4. The van der Waals surface area contributed by atoms with Crippen molar-refractivity contribution in [1.29, 1.82) is 0 Å². The average Bonchev–Trinajstić information content (AvgIpc) is 2.75. The fraction of sp³-hybridized carbons (Fsp3) is 0.0417. The van der Waals surface area contributed by atoms with Crippen LogP contribution in [0.4, 0.5) is 11.5 Å². The lowest BCUT2D eigenvalue weighted by atomic mass is 9.96. The van der Waals surface area contributed by atoms with Crippen LogP contribution in [0.15, 0.2) is 85.3 Å². The molecule has 0 aliphatic heterocycles. The maximum Gasteiger partial charge on any atom is 0.260 e. The van der Waals surface area contributed by atoms with Crippen LogP contribution in [-0.4, -0.2) is 15.9 Å². The summed E-state index contributed by atoms with van der Waals surface area (Å²) in [5.74, 6) is -0.118. The molecule has 2 heterocycles. The van der Waals surface area contributed by atoms with Crippen LogP contribution in [0.1, 0.15) is 15.9 Å². The lowest BCUT2D eigenvalue weighted by Crippen LogP contribution is -2.16. The van der Waals surface area contributed by atoms with E-state index < -0.39 is 0 Å². The van der Waals surface area contributed by atoms with Crippen LogP contribution in [0.2, 0.25) is 0 Å². The SMILES string of the molecule is Cc1ccc(-c2cccc(-c3ccnc(N)c3C(=O)Nc3ccncc3)c2)cc1. The molecule has 0 aliphatic carbocycles. The Morgan fingerprint density at radius 2 is 1.59 bits per heavy atom. The molecule has 0 atom stereocenters. The molecule has 0 bridgehead atoms. The average molecular weight is 380 g/mol. The molecular formula is C24H20N4O. The minimum Gasteiger partial charge on any atom is -0.383 e. The number of pyridine rings is 2. The highest BCUT2D eigenvalue weighted by atomic mass is 16.1. The summed E-state index contributed by atoms with van der Waals surface area (Å²) in [6, 6.07) is 21.7. The van der Waals surface area contributed by atoms with E-state index in [4.69, 9.17) is 5.73 Å². The van der Waals surface area contributed by atoms with E-state index in [0.717, 1.165) is 22.3 Å². The molecule has 0 saturated heterocycles. The minimum absolute atomic E-state index is 0.190. The number of nitrogens with one attached hydrogen (secondary N) is 1. The van der Waals surface area contributed by atoms with Gasteiger partial charge in [-0.2, -0.15) is 0 Å². The second-order valence-corrected chi connectivity index (χ2v) is 6.76. The maximum atomic E-state index is 13.0. The van der Waals surface area contributed by atoms with Crippen LogP contribution in [0, 0.1) is 6.92 Å². The van der Waals surface area contributed by atoms with Crippen LogP contribution >= 0.6 is 0 Å². The standard InChI is InChI=1S/C24H20N4O/c1-16-5-7-17(8-6-16)18-3-2-4-19(15-18)21-11-14-27-23(25)22(21)24(29)28-20-9-12-26-13-10-20/h2-15H,1H3,(H2,25,27)(H,26,28,29). The van der Waals surface area contributed by atoms with Crippen molar-refractivity contribution in [3.63, 3.8) is 0 Å². The summed E-state index contributed by atoms with van der Waals surface area (Å²) < 4.78 is 0. The van der Waals surface area contributed by atoms with Crippen LogP contribution in [0.5, 0.6) is 0 Å². The quantitative estimate of drug-likeness (QED) is 0.525. The zero-order valence-corrected chi connectivity index (χ0v) is 16.0. The third-order valence-corrected chi connectivity index (χ3v) is 4.70. The number of anilines is 2. The number of nitrogens with two attached hydrogens (primary N) is 1. The highest BCUT2D eigenvalue weighted by Crippen LogP contribution is 2.31. The molecule has 0 radical (unpaired) electrons. The molecular weight excluding hydrogens is 360 g/mol. The summed E-state index contributed by atoms with van der Waals surface area (Å²) in [7, 11) is 0. The highest BCUT2D eigenvalue weighted by Gasteiger charge is 2.18. The molecule has 4 rings (SSSR count). The van der Waals surface area contributed by atoms with Gasteiger partial charge >= 0.3 is 0 Å². The molecule has 0 aliphatic rings. The smallest absolute Gasteiger partial charge is 0.260 e. The second-order valence-electron chi connectivity index (χ2n) is 6.76. The van der Waals surface area contributed by atoms with Crippen molar-refractivity contribution < 1.29 is 4.79 Å². The van der Waals surface area contributed by atoms with Crippen molar-refractivity contribution >= 4 is 17.4 Å². The zero-order valence-electron chi connectivity index (χ0n) is 16.0. The lowest BCUT2D eigenvalue weighted by Gasteiger charge is -2.13. The normalized spacial score (nSPS) is 10.5. The molecule has 4 aromatic rings. The number of aryl methyl sites for hydroxylation is 1. The molecule has 29 heavy (non-hydrogen) atoms. The van der Waals surface area contributed by atoms with Gasteiger partial charge in [0.25, 0.3) is 5.91 Å². The van der Waals surface area contributed by atoms with E-state index in [1.165, 1.54) is 5.56 Å².